The van der Waals surface area contributed by atoms with Crippen LogP contribution in [-0.4, -0.2) is 38.4 Å². The highest BCUT2D eigenvalue weighted by atomic mass is 16.5. The van der Waals surface area contributed by atoms with Crippen molar-refractivity contribution in [2.45, 2.75) is 60.8 Å². The second kappa shape index (κ2) is 10.8. The second-order valence-corrected chi connectivity index (χ2v) is 9.20. The summed E-state index contributed by atoms with van der Waals surface area (Å²) in [6.07, 6.45) is 1.99. The molecule has 0 aliphatic carbocycles. The number of hydrogen-bond acceptors (Lipinski definition) is 6. The van der Waals surface area contributed by atoms with Crippen molar-refractivity contribution in [1.82, 2.24) is 0 Å². The molecule has 6 heteroatoms. The molecule has 1 aromatic carbocycles. The Bertz CT molecular complexity index is 806. The van der Waals surface area contributed by atoms with Crippen molar-refractivity contribution < 1.29 is 28.5 Å². The molecule has 172 valence electrons. The van der Waals surface area contributed by atoms with E-state index in [1.165, 1.54) is 12.5 Å². The predicted molar refractivity (Wildman–Crippen MR) is 119 cm³/mol. The van der Waals surface area contributed by atoms with Crippen LogP contribution in [0.25, 0.3) is 5.76 Å². The van der Waals surface area contributed by atoms with Crippen molar-refractivity contribution in [2.24, 2.45) is 10.8 Å². The molecule has 0 spiro atoms. The SMILES string of the molecule is CCOC(=O)CCCCOCC(C)(C)C1=C(c2cccc(OC(C)=O)c2)OCC1(C)C. The molecule has 0 unspecified atom stereocenters. The summed E-state index contributed by atoms with van der Waals surface area (Å²) < 4.78 is 22.3. The highest BCUT2D eigenvalue weighted by molar-refractivity contribution is 5.72. The zero-order valence-corrected chi connectivity index (χ0v) is 19.7. The van der Waals surface area contributed by atoms with Gasteiger partial charge in [0.15, 0.2) is 0 Å². The summed E-state index contributed by atoms with van der Waals surface area (Å²) in [4.78, 5) is 22.8. The smallest absolute Gasteiger partial charge is 0.308 e. The zero-order valence-electron chi connectivity index (χ0n) is 19.7. The Balaban J connectivity index is 2.08. The lowest BCUT2D eigenvalue weighted by Gasteiger charge is -2.34. The van der Waals surface area contributed by atoms with Crippen LogP contribution in [0.1, 0.15) is 66.4 Å². The van der Waals surface area contributed by atoms with Crippen LogP contribution in [0.2, 0.25) is 0 Å². The molecule has 1 aliphatic rings. The van der Waals surface area contributed by atoms with Crippen molar-refractivity contribution in [2.75, 3.05) is 26.4 Å². The molecule has 1 aliphatic heterocycles. The summed E-state index contributed by atoms with van der Waals surface area (Å²) in [5, 5.41) is 0. The molecule has 1 aromatic rings. The van der Waals surface area contributed by atoms with Crippen LogP contribution in [0.5, 0.6) is 5.75 Å². The molecule has 6 nitrogen and oxygen atoms in total. The van der Waals surface area contributed by atoms with E-state index in [0.29, 0.717) is 38.6 Å². The first-order chi connectivity index (χ1) is 14.6. The molecule has 0 saturated carbocycles. The van der Waals surface area contributed by atoms with E-state index in [1.807, 2.05) is 25.1 Å². The van der Waals surface area contributed by atoms with Crippen LogP contribution >= 0.6 is 0 Å². The topological polar surface area (TPSA) is 71.1 Å². The number of rotatable bonds is 11. The van der Waals surface area contributed by atoms with Gasteiger partial charge >= 0.3 is 11.9 Å². The maximum absolute atomic E-state index is 11.4. The van der Waals surface area contributed by atoms with Crippen molar-refractivity contribution in [3.8, 4) is 5.75 Å². The third-order valence-corrected chi connectivity index (χ3v) is 5.20. The molecule has 2 rings (SSSR count). The largest absolute Gasteiger partial charge is 0.492 e. The Morgan fingerprint density at radius 2 is 1.94 bits per heavy atom. The van der Waals surface area contributed by atoms with Gasteiger partial charge in [0.05, 0.1) is 19.8 Å². The van der Waals surface area contributed by atoms with Gasteiger partial charge in [0.2, 0.25) is 0 Å². The summed E-state index contributed by atoms with van der Waals surface area (Å²) in [5.41, 5.74) is 1.67. The van der Waals surface area contributed by atoms with Gasteiger partial charge in [-0.3, -0.25) is 9.59 Å². The second-order valence-electron chi connectivity index (χ2n) is 9.20. The number of unbranched alkanes of at least 4 members (excludes halogenated alkanes) is 1. The molecule has 0 bridgehead atoms. The lowest BCUT2D eigenvalue weighted by molar-refractivity contribution is -0.143. The minimum absolute atomic E-state index is 0.149. The van der Waals surface area contributed by atoms with E-state index in [0.717, 1.165) is 24.2 Å². The van der Waals surface area contributed by atoms with Crippen molar-refractivity contribution in [3.63, 3.8) is 0 Å². The summed E-state index contributed by atoms with van der Waals surface area (Å²) in [7, 11) is 0. The standard InChI is InChI=1S/C25H36O6/c1-7-29-21(27)13-8-9-14-28-16-24(3,4)23-22(30-17-25(23,5)6)19-11-10-12-20(15-19)31-18(2)26/h10-12,15H,7-9,13-14,16-17H2,1-6H3. The van der Waals surface area contributed by atoms with Crippen LogP contribution in [0, 0.1) is 10.8 Å². The van der Waals surface area contributed by atoms with Gasteiger partial charge in [-0.1, -0.05) is 39.8 Å². The number of carbonyl (C=O) groups is 2. The van der Waals surface area contributed by atoms with Crippen LogP contribution in [0.3, 0.4) is 0 Å². The first kappa shape index (κ1) is 24.9. The number of carbonyl (C=O) groups excluding carboxylic acids is 2. The molecule has 31 heavy (non-hydrogen) atoms. The normalized spacial score (nSPS) is 15.5. The third kappa shape index (κ3) is 7.10. The quantitative estimate of drug-likeness (QED) is 0.273. The van der Waals surface area contributed by atoms with Crippen LogP contribution in [-0.2, 0) is 23.8 Å². The number of ether oxygens (including phenoxy) is 4. The van der Waals surface area contributed by atoms with Crippen LogP contribution < -0.4 is 4.74 Å². The molecule has 0 atom stereocenters. The Labute approximate surface area is 185 Å². The molecule has 0 saturated heterocycles. The Morgan fingerprint density at radius 3 is 2.61 bits per heavy atom. The predicted octanol–water partition coefficient (Wildman–Crippen LogP) is 5.16. The lowest BCUT2D eigenvalue weighted by Crippen LogP contribution is -2.31. The first-order valence-corrected chi connectivity index (χ1v) is 11.0. The summed E-state index contributed by atoms with van der Waals surface area (Å²) in [6.45, 7) is 14.0. The van der Waals surface area contributed by atoms with Gasteiger partial charge in [-0.2, -0.15) is 0 Å². The number of esters is 2. The first-order valence-electron chi connectivity index (χ1n) is 11.0. The molecular formula is C25H36O6. The molecule has 0 radical (unpaired) electrons. The Hall–Kier alpha value is -2.34. The van der Waals surface area contributed by atoms with Gasteiger partial charge in [-0.05, 0) is 37.5 Å². The van der Waals surface area contributed by atoms with Gasteiger partial charge in [-0.15, -0.1) is 0 Å². The molecule has 1 heterocycles. The third-order valence-electron chi connectivity index (χ3n) is 5.20. The molecule has 0 N–H and O–H groups in total. The fraction of sp³-hybridized carbons (Fsp3) is 0.600. The highest BCUT2D eigenvalue weighted by Crippen LogP contribution is 2.50. The molecular weight excluding hydrogens is 396 g/mol. The number of hydrogen-bond donors (Lipinski definition) is 0. The van der Waals surface area contributed by atoms with Crippen LogP contribution in [0.4, 0.5) is 0 Å². The molecule has 0 aromatic heterocycles. The fourth-order valence-electron chi connectivity index (χ4n) is 4.13. The van der Waals surface area contributed by atoms with Crippen molar-refractivity contribution in [3.05, 3.63) is 35.4 Å². The average molecular weight is 433 g/mol. The van der Waals surface area contributed by atoms with E-state index in [2.05, 4.69) is 27.7 Å². The minimum Gasteiger partial charge on any atom is -0.492 e. The summed E-state index contributed by atoms with van der Waals surface area (Å²) >= 11 is 0. The Kier molecular flexibility index (Phi) is 8.69. The van der Waals surface area contributed by atoms with Gasteiger partial charge in [0.1, 0.15) is 11.5 Å². The zero-order chi connectivity index (χ0) is 23.1. The summed E-state index contributed by atoms with van der Waals surface area (Å²) in [5.74, 6) is 0.824. The van der Waals surface area contributed by atoms with Gasteiger partial charge in [-0.25, -0.2) is 0 Å². The van der Waals surface area contributed by atoms with E-state index in [1.54, 1.807) is 6.07 Å². The monoisotopic (exact) mass is 432 g/mol. The maximum atomic E-state index is 11.4. The molecule has 0 fully saturated rings. The summed E-state index contributed by atoms with van der Waals surface area (Å²) in [6, 6.07) is 7.43. The van der Waals surface area contributed by atoms with Gasteiger partial charge in [0, 0.05) is 36.3 Å². The lowest BCUT2D eigenvalue weighted by atomic mass is 9.70. The van der Waals surface area contributed by atoms with E-state index in [4.69, 9.17) is 18.9 Å². The fourth-order valence-corrected chi connectivity index (χ4v) is 4.13. The van der Waals surface area contributed by atoms with Gasteiger partial charge in [0.25, 0.3) is 0 Å². The maximum Gasteiger partial charge on any atom is 0.308 e. The van der Waals surface area contributed by atoms with Crippen molar-refractivity contribution in [1.29, 1.82) is 0 Å². The Morgan fingerprint density at radius 1 is 1.19 bits per heavy atom. The van der Waals surface area contributed by atoms with E-state index in [-0.39, 0.29) is 22.8 Å². The van der Waals surface area contributed by atoms with Gasteiger partial charge < -0.3 is 18.9 Å². The van der Waals surface area contributed by atoms with E-state index in [9.17, 15) is 9.59 Å². The van der Waals surface area contributed by atoms with Crippen LogP contribution in [0.15, 0.2) is 29.8 Å². The highest BCUT2D eigenvalue weighted by Gasteiger charge is 2.43. The van der Waals surface area contributed by atoms with E-state index >= 15 is 0 Å². The molecule has 0 amide bonds. The van der Waals surface area contributed by atoms with E-state index < -0.39 is 0 Å². The average Bonchev–Trinajstić information content (AvgIpc) is 3.00. The van der Waals surface area contributed by atoms with Crippen molar-refractivity contribution >= 4 is 17.7 Å². The number of benzene rings is 1. The minimum atomic E-state index is -0.351.